The molecule has 0 heterocycles. The Hall–Kier alpha value is 0.0600. The first kappa shape index (κ1) is 13.1. The molecular weight excluding hydrogens is 224 g/mol. The maximum Gasteiger partial charge on any atom is 0.350 e. The number of hydrogen-bond donors (Lipinski definition) is 1. The fourth-order valence-corrected chi connectivity index (χ4v) is 1.68. The SMILES string of the molecule is CC(CCl)C(C)NS(=O)(=O)C(F)F. The van der Waals surface area contributed by atoms with E-state index in [1.807, 2.05) is 4.72 Å². The Balaban J connectivity index is 4.29. The average Bonchev–Trinajstić information content (AvgIpc) is 2.01. The lowest BCUT2D eigenvalue weighted by Crippen LogP contribution is -2.40. The minimum absolute atomic E-state index is 0.185. The smallest absolute Gasteiger partial charge is 0.207 e. The molecule has 0 spiro atoms. The fourth-order valence-electron chi connectivity index (χ4n) is 0.560. The lowest BCUT2D eigenvalue weighted by molar-refractivity contribution is 0.230. The van der Waals surface area contributed by atoms with Crippen molar-refractivity contribution in [1.29, 1.82) is 0 Å². The summed E-state index contributed by atoms with van der Waals surface area (Å²) in [5.74, 6) is -3.36. The summed E-state index contributed by atoms with van der Waals surface area (Å²) < 4.78 is 46.9. The van der Waals surface area contributed by atoms with Crippen molar-refractivity contribution in [2.75, 3.05) is 5.88 Å². The molecule has 0 saturated carbocycles. The maximum absolute atomic E-state index is 11.9. The molecule has 2 unspecified atom stereocenters. The highest BCUT2D eigenvalue weighted by Crippen LogP contribution is 2.09. The van der Waals surface area contributed by atoms with E-state index < -0.39 is 21.8 Å². The normalized spacial score (nSPS) is 17.4. The summed E-state index contributed by atoms with van der Waals surface area (Å²) in [6, 6.07) is -0.587. The first-order chi connectivity index (χ1) is 5.81. The van der Waals surface area contributed by atoms with Crippen molar-refractivity contribution in [3.8, 4) is 0 Å². The molecule has 0 aromatic carbocycles. The fraction of sp³-hybridized carbons (Fsp3) is 1.00. The highest BCUT2D eigenvalue weighted by Gasteiger charge is 2.27. The summed E-state index contributed by atoms with van der Waals surface area (Å²) in [6.07, 6.45) is 0. The van der Waals surface area contributed by atoms with Crippen molar-refractivity contribution in [3.05, 3.63) is 0 Å². The predicted molar refractivity (Wildman–Crippen MR) is 47.4 cm³/mol. The molecule has 0 aromatic heterocycles. The van der Waals surface area contributed by atoms with Crippen molar-refractivity contribution in [2.24, 2.45) is 5.92 Å². The van der Waals surface area contributed by atoms with Gasteiger partial charge in [0.1, 0.15) is 0 Å². The predicted octanol–water partition coefficient (Wildman–Crippen LogP) is 1.39. The van der Waals surface area contributed by atoms with Crippen LogP contribution in [0.4, 0.5) is 8.78 Å². The van der Waals surface area contributed by atoms with Gasteiger partial charge in [0.05, 0.1) is 0 Å². The summed E-state index contributed by atoms with van der Waals surface area (Å²) in [5.41, 5.74) is 0. The van der Waals surface area contributed by atoms with Crippen molar-refractivity contribution in [2.45, 2.75) is 25.6 Å². The van der Waals surface area contributed by atoms with E-state index >= 15 is 0 Å². The Morgan fingerprint density at radius 1 is 1.38 bits per heavy atom. The zero-order chi connectivity index (χ0) is 10.6. The summed E-state index contributed by atoms with van der Waals surface area (Å²) >= 11 is 5.43. The van der Waals surface area contributed by atoms with Crippen molar-refractivity contribution in [3.63, 3.8) is 0 Å². The molecule has 0 aliphatic heterocycles. The molecule has 80 valence electrons. The van der Waals surface area contributed by atoms with Crippen molar-refractivity contribution in [1.82, 2.24) is 4.72 Å². The van der Waals surface area contributed by atoms with E-state index in [1.165, 1.54) is 6.92 Å². The minimum atomic E-state index is -4.49. The van der Waals surface area contributed by atoms with Gasteiger partial charge in [0.25, 0.3) is 10.0 Å². The zero-order valence-corrected chi connectivity index (χ0v) is 8.87. The van der Waals surface area contributed by atoms with E-state index in [0.29, 0.717) is 0 Å². The number of nitrogens with one attached hydrogen (secondary N) is 1. The quantitative estimate of drug-likeness (QED) is 0.732. The highest BCUT2D eigenvalue weighted by molar-refractivity contribution is 7.89. The Labute approximate surface area is 81.5 Å². The summed E-state index contributed by atoms with van der Waals surface area (Å²) in [4.78, 5) is 0. The van der Waals surface area contributed by atoms with E-state index in [-0.39, 0.29) is 11.8 Å². The van der Waals surface area contributed by atoms with Crippen LogP contribution >= 0.6 is 11.6 Å². The Kier molecular flexibility index (Phi) is 5.09. The van der Waals surface area contributed by atoms with Crippen LogP contribution < -0.4 is 4.72 Å². The van der Waals surface area contributed by atoms with Crippen LogP contribution in [0.1, 0.15) is 13.8 Å². The number of alkyl halides is 3. The minimum Gasteiger partial charge on any atom is -0.207 e. The van der Waals surface area contributed by atoms with Gasteiger partial charge in [-0.15, -0.1) is 11.6 Å². The first-order valence-electron chi connectivity index (χ1n) is 3.66. The van der Waals surface area contributed by atoms with Crippen LogP contribution in [-0.2, 0) is 10.0 Å². The number of sulfonamides is 1. The molecule has 7 heteroatoms. The number of hydrogen-bond acceptors (Lipinski definition) is 2. The molecule has 13 heavy (non-hydrogen) atoms. The molecule has 0 aromatic rings. The van der Waals surface area contributed by atoms with Crippen LogP contribution in [0.15, 0.2) is 0 Å². The number of rotatable bonds is 5. The molecule has 1 N–H and O–H groups in total. The molecule has 0 aliphatic rings. The van der Waals surface area contributed by atoms with Gasteiger partial charge < -0.3 is 0 Å². The third-order valence-corrected chi connectivity index (χ3v) is 3.34. The summed E-state index contributed by atoms with van der Waals surface area (Å²) in [6.45, 7) is 3.17. The highest BCUT2D eigenvalue weighted by atomic mass is 35.5. The van der Waals surface area contributed by atoms with Crippen molar-refractivity contribution >= 4 is 21.6 Å². The average molecular weight is 236 g/mol. The first-order valence-corrected chi connectivity index (χ1v) is 5.74. The third-order valence-electron chi connectivity index (χ3n) is 1.68. The van der Waals surface area contributed by atoms with Crippen LogP contribution in [0.5, 0.6) is 0 Å². The van der Waals surface area contributed by atoms with E-state index in [9.17, 15) is 17.2 Å². The second-order valence-corrected chi connectivity index (χ2v) is 4.83. The monoisotopic (exact) mass is 235 g/mol. The van der Waals surface area contributed by atoms with E-state index in [2.05, 4.69) is 0 Å². The van der Waals surface area contributed by atoms with Crippen LogP contribution in [-0.4, -0.2) is 26.1 Å². The van der Waals surface area contributed by atoms with Gasteiger partial charge in [-0.05, 0) is 12.8 Å². The van der Waals surface area contributed by atoms with Gasteiger partial charge in [0, 0.05) is 11.9 Å². The largest absolute Gasteiger partial charge is 0.350 e. The van der Waals surface area contributed by atoms with Gasteiger partial charge in [-0.25, -0.2) is 13.1 Å². The molecule has 0 rings (SSSR count). The Morgan fingerprint density at radius 2 is 1.85 bits per heavy atom. The lowest BCUT2D eigenvalue weighted by atomic mass is 10.1. The lowest BCUT2D eigenvalue weighted by Gasteiger charge is -2.18. The Bertz CT molecular complexity index is 245. The Morgan fingerprint density at radius 3 is 2.15 bits per heavy atom. The molecule has 0 aliphatic carbocycles. The van der Waals surface area contributed by atoms with Gasteiger partial charge in [0.2, 0.25) is 0 Å². The molecule has 0 radical (unpaired) electrons. The molecule has 0 bridgehead atoms. The third kappa shape index (κ3) is 4.19. The topological polar surface area (TPSA) is 46.2 Å². The van der Waals surface area contributed by atoms with Gasteiger partial charge in [-0.3, -0.25) is 0 Å². The molecule has 2 atom stereocenters. The molecular formula is C6H12ClF2NO2S. The van der Waals surface area contributed by atoms with E-state index in [0.717, 1.165) is 0 Å². The molecule has 0 amide bonds. The number of halogens is 3. The summed E-state index contributed by atoms with van der Waals surface area (Å²) in [5, 5.41) is 0. The standard InChI is InChI=1S/C6H12ClF2NO2S/c1-4(3-7)5(2)10-13(11,12)6(8)9/h4-6,10H,3H2,1-2H3. The zero-order valence-electron chi connectivity index (χ0n) is 7.30. The molecule has 0 fully saturated rings. The van der Waals surface area contributed by atoms with Crippen LogP contribution in [0.25, 0.3) is 0 Å². The summed E-state index contributed by atoms with van der Waals surface area (Å²) in [7, 11) is -4.49. The second-order valence-electron chi connectivity index (χ2n) is 2.84. The second kappa shape index (κ2) is 5.07. The molecule has 0 saturated heterocycles. The van der Waals surface area contributed by atoms with Crippen LogP contribution in [0, 0.1) is 5.92 Å². The van der Waals surface area contributed by atoms with Gasteiger partial charge in [-0.1, -0.05) is 6.92 Å². The maximum atomic E-state index is 11.9. The van der Waals surface area contributed by atoms with Crippen LogP contribution in [0.3, 0.4) is 0 Å². The van der Waals surface area contributed by atoms with Crippen LogP contribution in [0.2, 0.25) is 0 Å². The van der Waals surface area contributed by atoms with Crippen molar-refractivity contribution < 1.29 is 17.2 Å². The van der Waals surface area contributed by atoms with Gasteiger partial charge >= 0.3 is 5.76 Å². The van der Waals surface area contributed by atoms with E-state index in [4.69, 9.17) is 11.6 Å². The molecule has 3 nitrogen and oxygen atoms in total. The van der Waals surface area contributed by atoms with Gasteiger partial charge in [-0.2, -0.15) is 8.78 Å². The van der Waals surface area contributed by atoms with E-state index in [1.54, 1.807) is 6.92 Å². The van der Waals surface area contributed by atoms with Gasteiger partial charge in [0.15, 0.2) is 0 Å².